The van der Waals surface area contributed by atoms with E-state index in [1.807, 2.05) is 0 Å². The topological polar surface area (TPSA) is 85.5 Å². The van der Waals surface area contributed by atoms with Crippen molar-refractivity contribution in [3.8, 4) is 11.5 Å². The van der Waals surface area contributed by atoms with Crippen LogP contribution in [0, 0.1) is 0 Å². The van der Waals surface area contributed by atoms with Gasteiger partial charge in [0.25, 0.3) is 0 Å². The van der Waals surface area contributed by atoms with Gasteiger partial charge in [-0.25, -0.2) is 9.78 Å². The number of oxazole rings is 1. The number of pyridine rings is 1. The first-order valence-corrected chi connectivity index (χ1v) is 15.3. The molecule has 6 nitrogen and oxygen atoms in total. The van der Waals surface area contributed by atoms with Crippen LogP contribution in [0.15, 0.2) is 59.3 Å². The number of hydrogen-bond donors (Lipinski definition) is 1. The third kappa shape index (κ3) is 7.60. The van der Waals surface area contributed by atoms with Gasteiger partial charge in [0.1, 0.15) is 11.8 Å². The lowest BCUT2D eigenvalue weighted by molar-refractivity contribution is 0.0696. The summed E-state index contributed by atoms with van der Waals surface area (Å²) in [5.41, 5.74) is 2.09. The summed E-state index contributed by atoms with van der Waals surface area (Å²) in [7, 11) is -2.04. The fourth-order valence-corrected chi connectivity index (χ4v) is 4.93. The largest absolute Gasteiger partial charge is 0.478 e. The van der Waals surface area contributed by atoms with E-state index >= 15 is 0 Å². The summed E-state index contributed by atoms with van der Waals surface area (Å²) in [5, 5.41) is 9.18. The molecule has 7 heteroatoms. The first-order chi connectivity index (χ1) is 16.6. The Balaban J connectivity index is 1.65. The van der Waals surface area contributed by atoms with Crippen LogP contribution in [0.25, 0.3) is 11.5 Å². The van der Waals surface area contributed by atoms with Gasteiger partial charge in [-0.15, -0.1) is 0 Å². The number of hydrogen-bond acceptors (Lipinski definition) is 5. The van der Waals surface area contributed by atoms with Crippen LogP contribution in [0.1, 0.15) is 80.8 Å². The lowest BCUT2D eigenvalue weighted by atomic mass is 10.0. The van der Waals surface area contributed by atoms with Crippen LogP contribution in [0.3, 0.4) is 0 Å². The van der Waals surface area contributed by atoms with E-state index in [2.05, 4.69) is 74.2 Å². The van der Waals surface area contributed by atoms with Gasteiger partial charge in [-0.05, 0) is 55.1 Å². The molecule has 2 heterocycles. The molecule has 0 aliphatic rings. The standard InChI is InChI=1S/C28H38N2O4Si/c1-28(2,3)35(4,5)34-24(16-12-7-6-9-13-21-14-10-8-11-15-21)26-30-20-25(33-26)23-18-17-22(19-29-23)27(31)32/h8,10-11,14-15,17-20,24H,6-7,9,12-13,16H2,1-5H3,(H,31,32). The maximum Gasteiger partial charge on any atom is 0.337 e. The van der Waals surface area contributed by atoms with Crippen LogP contribution in [0.5, 0.6) is 0 Å². The summed E-state index contributed by atoms with van der Waals surface area (Å²) in [6, 6.07) is 13.8. The van der Waals surface area contributed by atoms with E-state index < -0.39 is 14.3 Å². The molecule has 0 amide bonds. The number of rotatable bonds is 12. The van der Waals surface area contributed by atoms with Gasteiger partial charge in [0.15, 0.2) is 14.1 Å². The first-order valence-electron chi connectivity index (χ1n) is 12.4. The molecule has 0 fully saturated rings. The summed E-state index contributed by atoms with van der Waals surface area (Å²) >= 11 is 0. The molecule has 35 heavy (non-hydrogen) atoms. The lowest BCUT2D eigenvalue weighted by Gasteiger charge is -2.38. The van der Waals surface area contributed by atoms with Crippen molar-refractivity contribution in [1.29, 1.82) is 0 Å². The molecule has 0 bridgehead atoms. The molecule has 1 unspecified atom stereocenters. The highest BCUT2D eigenvalue weighted by Crippen LogP contribution is 2.41. The molecule has 0 aliphatic heterocycles. The number of aromatic carboxylic acids is 1. The molecule has 1 aromatic carbocycles. The van der Waals surface area contributed by atoms with Crippen molar-refractivity contribution in [1.82, 2.24) is 9.97 Å². The van der Waals surface area contributed by atoms with Gasteiger partial charge >= 0.3 is 5.97 Å². The molecule has 0 radical (unpaired) electrons. The second-order valence-electron chi connectivity index (χ2n) is 10.6. The minimum atomic E-state index is -2.04. The monoisotopic (exact) mass is 494 g/mol. The van der Waals surface area contributed by atoms with Gasteiger partial charge in [0, 0.05) is 6.20 Å². The van der Waals surface area contributed by atoms with E-state index in [1.54, 1.807) is 12.3 Å². The highest BCUT2D eigenvalue weighted by molar-refractivity contribution is 6.74. The van der Waals surface area contributed by atoms with Crippen LogP contribution in [-0.2, 0) is 10.8 Å². The van der Waals surface area contributed by atoms with E-state index in [4.69, 9.17) is 13.9 Å². The molecule has 0 saturated carbocycles. The summed E-state index contributed by atoms with van der Waals surface area (Å²) in [6.45, 7) is 11.2. The van der Waals surface area contributed by atoms with Gasteiger partial charge in [-0.1, -0.05) is 70.4 Å². The number of carbonyl (C=O) groups is 1. The van der Waals surface area contributed by atoms with Crippen LogP contribution in [0.4, 0.5) is 0 Å². The third-order valence-corrected chi connectivity index (χ3v) is 11.3. The highest BCUT2D eigenvalue weighted by Gasteiger charge is 2.40. The zero-order valence-corrected chi connectivity index (χ0v) is 22.6. The molecule has 3 aromatic rings. The van der Waals surface area contributed by atoms with Crippen LogP contribution in [0.2, 0.25) is 18.1 Å². The van der Waals surface area contributed by atoms with Gasteiger partial charge in [0.2, 0.25) is 5.89 Å². The number of aromatic nitrogens is 2. The van der Waals surface area contributed by atoms with Crippen molar-refractivity contribution in [3.63, 3.8) is 0 Å². The van der Waals surface area contributed by atoms with Crippen molar-refractivity contribution in [2.75, 3.05) is 0 Å². The zero-order chi connectivity index (χ0) is 25.5. The van der Waals surface area contributed by atoms with E-state index in [-0.39, 0.29) is 16.7 Å². The first kappa shape index (κ1) is 26.8. The molecular weight excluding hydrogens is 456 g/mol. The minimum absolute atomic E-state index is 0.0740. The van der Waals surface area contributed by atoms with Crippen molar-refractivity contribution >= 4 is 14.3 Å². The van der Waals surface area contributed by atoms with Crippen LogP contribution >= 0.6 is 0 Å². The summed E-state index contributed by atoms with van der Waals surface area (Å²) < 4.78 is 12.9. The van der Waals surface area contributed by atoms with Crippen molar-refractivity contribution in [3.05, 3.63) is 71.9 Å². The van der Waals surface area contributed by atoms with Gasteiger partial charge in [-0.2, -0.15) is 0 Å². The molecule has 2 aromatic heterocycles. The quantitative estimate of drug-likeness (QED) is 0.205. The Morgan fingerprint density at radius 1 is 1.00 bits per heavy atom. The lowest BCUT2D eigenvalue weighted by Crippen LogP contribution is -2.41. The Morgan fingerprint density at radius 2 is 1.71 bits per heavy atom. The average Bonchev–Trinajstić information content (AvgIpc) is 3.31. The maximum absolute atomic E-state index is 11.1. The smallest absolute Gasteiger partial charge is 0.337 e. The second kappa shape index (κ2) is 11.8. The number of carboxylic acids is 1. The van der Waals surface area contributed by atoms with E-state index in [0.29, 0.717) is 17.3 Å². The van der Waals surface area contributed by atoms with E-state index in [0.717, 1.165) is 25.7 Å². The van der Waals surface area contributed by atoms with Crippen LogP contribution in [-0.4, -0.2) is 29.4 Å². The number of nitrogens with zero attached hydrogens (tertiary/aromatic N) is 2. The van der Waals surface area contributed by atoms with E-state index in [1.165, 1.54) is 30.7 Å². The molecule has 188 valence electrons. The van der Waals surface area contributed by atoms with Crippen molar-refractivity contribution in [2.45, 2.75) is 83.5 Å². The number of carboxylic acid groups (broad SMARTS) is 1. The Kier molecular flexibility index (Phi) is 9.02. The average molecular weight is 495 g/mol. The Labute approximate surface area is 209 Å². The zero-order valence-electron chi connectivity index (χ0n) is 21.6. The number of unbranched alkanes of at least 4 members (excludes halogenated alkanes) is 3. The number of aryl methyl sites for hydroxylation is 1. The third-order valence-electron chi connectivity index (χ3n) is 6.83. The molecule has 1 atom stereocenters. The van der Waals surface area contributed by atoms with E-state index in [9.17, 15) is 4.79 Å². The van der Waals surface area contributed by atoms with Crippen molar-refractivity contribution in [2.24, 2.45) is 0 Å². The number of benzene rings is 1. The minimum Gasteiger partial charge on any atom is -0.478 e. The summed E-state index contributed by atoms with van der Waals surface area (Å²) in [6.07, 6.45) is 9.27. The fourth-order valence-electron chi connectivity index (χ4n) is 3.64. The Morgan fingerprint density at radius 3 is 2.34 bits per heavy atom. The molecular formula is C28H38N2O4Si. The highest BCUT2D eigenvalue weighted by atomic mass is 28.4. The second-order valence-corrected chi connectivity index (χ2v) is 15.4. The molecule has 0 spiro atoms. The Hall–Kier alpha value is -2.77. The summed E-state index contributed by atoms with van der Waals surface area (Å²) in [4.78, 5) is 19.9. The van der Waals surface area contributed by atoms with Gasteiger partial charge in [-0.3, -0.25) is 4.98 Å². The van der Waals surface area contributed by atoms with Crippen molar-refractivity contribution < 1.29 is 18.7 Å². The predicted octanol–water partition coefficient (Wildman–Crippen LogP) is 7.69. The maximum atomic E-state index is 11.1. The van der Waals surface area contributed by atoms with Crippen LogP contribution < -0.4 is 0 Å². The fraction of sp³-hybridized carbons (Fsp3) is 0.464. The summed E-state index contributed by atoms with van der Waals surface area (Å²) in [5.74, 6) is 0.0794. The predicted molar refractivity (Wildman–Crippen MR) is 141 cm³/mol. The SMILES string of the molecule is CC(C)(C)[Si](C)(C)OC(CCCCCCc1ccccc1)c1ncc(-c2ccc(C(=O)O)cn2)o1. The molecule has 0 aliphatic carbocycles. The molecule has 1 N–H and O–H groups in total. The molecule has 0 saturated heterocycles. The normalized spacial score (nSPS) is 13.1. The van der Waals surface area contributed by atoms with Gasteiger partial charge in [0.05, 0.1) is 11.8 Å². The Bertz CT molecular complexity index is 1070. The van der Waals surface area contributed by atoms with Gasteiger partial charge < -0.3 is 13.9 Å². The molecule has 3 rings (SSSR count).